The Kier molecular flexibility index (Phi) is 5.60. The van der Waals surface area contributed by atoms with Gasteiger partial charge in [-0.05, 0) is 35.9 Å². The number of hydrogen-bond donors (Lipinski definition) is 2. The van der Waals surface area contributed by atoms with E-state index in [1.165, 1.54) is 0 Å². The van der Waals surface area contributed by atoms with Gasteiger partial charge in [-0.2, -0.15) is 5.10 Å². The van der Waals surface area contributed by atoms with E-state index in [0.717, 1.165) is 11.3 Å². The Morgan fingerprint density at radius 1 is 1.10 bits per heavy atom. The summed E-state index contributed by atoms with van der Waals surface area (Å²) in [7, 11) is 0. The number of nitrogens with one attached hydrogen (secondary N) is 2. The van der Waals surface area contributed by atoms with Gasteiger partial charge in [0, 0.05) is 15.7 Å². The van der Waals surface area contributed by atoms with E-state index >= 15 is 0 Å². The molecule has 0 saturated carbocycles. The highest BCUT2D eigenvalue weighted by Crippen LogP contribution is 2.14. The summed E-state index contributed by atoms with van der Waals surface area (Å²) < 4.78 is 0. The SMILES string of the molecule is O=C(CNc1cccc(Cl)c1)N/N=C\c1ccc(Cl)cc1. The lowest BCUT2D eigenvalue weighted by Gasteiger charge is -2.05. The van der Waals surface area contributed by atoms with E-state index < -0.39 is 0 Å². The number of amides is 1. The largest absolute Gasteiger partial charge is 0.376 e. The number of anilines is 1. The van der Waals surface area contributed by atoms with Gasteiger partial charge in [-0.25, -0.2) is 5.43 Å². The first-order valence-corrected chi connectivity index (χ1v) is 6.96. The topological polar surface area (TPSA) is 53.5 Å². The Hall–Kier alpha value is -2.04. The molecule has 108 valence electrons. The summed E-state index contributed by atoms with van der Waals surface area (Å²) in [6.07, 6.45) is 1.55. The summed E-state index contributed by atoms with van der Waals surface area (Å²) in [5.74, 6) is -0.250. The summed E-state index contributed by atoms with van der Waals surface area (Å²) in [6, 6.07) is 14.3. The van der Waals surface area contributed by atoms with Crippen molar-refractivity contribution < 1.29 is 4.79 Å². The number of halogens is 2. The van der Waals surface area contributed by atoms with Gasteiger partial charge in [-0.1, -0.05) is 41.4 Å². The molecule has 0 spiro atoms. The summed E-state index contributed by atoms with van der Waals surface area (Å²) in [5, 5.41) is 8.09. The summed E-state index contributed by atoms with van der Waals surface area (Å²) in [5.41, 5.74) is 4.06. The van der Waals surface area contributed by atoms with Crippen molar-refractivity contribution in [3.05, 3.63) is 64.1 Å². The third-order valence-corrected chi connectivity index (χ3v) is 3.04. The standard InChI is InChI=1S/C15H13Cl2N3O/c16-12-6-4-11(5-7-12)9-19-20-15(21)10-18-14-3-1-2-13(17)8-14/h1-9,18H,10H2,(H,20,21)/b19-9-. The second-order valence-electron chi connectivity index (χ2n) is 4.21. The van der Waals surface area contributed by atoms with Gasteiger partial charge in [0.2, 0.25) is 0 Å². The van der Waals surface area contributed by atoms with Crippen molar-refractivity contribution in [3.8, 4) is 0 Å². The highest BCUT2D eigenvalue weighted by atomic mass is 35.5. The quantitative estimate of drug-likeness (QED) is 0.653. The first-order chi connectivity index (χ1) is 10.1. The van der Waals surface area contributed by atoms with Crippen molar-refractivity contribution >= 4 is 41.0 Å². The van der Waals surface area contributed by atoms with E-state index in [2.05, 4.69) is 15.8 Å². The number of carbonyl (C=O) groups is 1. The lowest BCUT2D eigenvalue weighted by Crippen LogP contribution is -2.25. The Morgan fingerprint density at radius 3 is 2.57 bits per heavy atom. The zero-order valence-electron chi connectivity index (χ0n) is 11.0. The zero-order valence-corrected chi connectivity index (χ0v) is 12.5. The lowest BCUT2D eigenvalue weighted by atomic mass is 10.2. The van der Waals surface area contributed by atoms with Crippen molar-refractivity contribution in [2.75, 3.05) is 11.9 Å². The van der Waals surface area contributed by atoms with Gasteiger partial charge in [0.15, 0.2) is 0 Å². The number of benzene rings is 2. The maximum Gasteiger partial charge on any atom is 0.259 e. The highest BCUT2D eigenvalue weighted by molar-refractivity contribution is 6.31. The minimum absolute atomic E-state index is 0.109. The van der Waals surface area contributed by atoms with Crippen LogP contribution in [0.2, 0.25) is 10.0 Å². The molecule has 0 aliphatic rings. The van der Waals surface area contributed by atoms with Crippen molar-refractivity contribution in [3.63, 3.8) is 0 Å². The van der Waals surface area contributed by atoms with Gasteiger partial charge < -0.3 is 5.32 Å². The maximum atomic E-state index is 11.6. The molecule has 2 rings (SSSR count). The van der Waals surface area contributed by atoms with E-state index in [-0.39, 0.29) is 12.5 Å². The Labute approximate surface area is 132 Å². The smallest absolute Gasteiger partial charge is 0.259 e. The molecule has 0 saturated heterocycles. The van der Waals surface area contributed by atoms with Crippen LogP contribution in [0.5, 0.6) is 0 Å². The Balaban J connectivity index is 1.78. The molecule has 21 heavy (non-hydrogen) atoms. The number of hydrazone groups is 1. The third kappa shape index (κ3) is 5.45. The second-order valence-corrected chi connectivity index (χ2v) is 5.08. The summed E-state index contributed by atoms with van der Waals surface area (Å²) >= 11 is 11.6. The van der Waals surface area contributed by atoms with Crippen molar-refractivity contribution in [2.45, 2.75) is 0 Å². The van der Waals surface area contributed by atoms with Crippen LogP contribution in [0.25, 0.3) is 0 Å². The van der Waals surface area contributed by atoms with Crippen molar-refractivity contribution in [1.82, 2.24) is 5.43 Å². The van der Waals surface area contributed by atoms with Crippen molar-refractivity contribution in [1.29, 1.82) is 0 Å². The fourth-order valence-corrected chi connectivity index (χ4v) is 1.86. The molecule has 2 N–H and O–H groups in total. The molecule has 0 aromatic heterocycles. The van der Waals surface area contributed by atoms with Crippen LogP contribution in [0.15, 0.2) is 53.6 Å². The van der Waals surface area contributed by atoms with Crippen LogP contribution in [-0.4, -0.2) is 18.7 Å². The molecule has 0 atom stereocenters. The van der Waals surface area contributed by atoms with E-state index in [4.69, 9.17) is 23.2 Å². The third-order valence-electron chi connectivity index (χ3n) is 2.55. The normalized spacial score (nSPS) is 10.6. The lowest BCUT2D eigenvalue weighted by molar-refractivity contribution is -0.119. The van der Waals surface area contributed by atoms with Gasteiger partial charge in [0.25, 0.3) is 5.91 Å². The fraction of sp³-hybridized carbons (Fsp3) is 0.0667. The van der Waals surface area contributed by atoms with E-state index in [1.54, 1.807) is 36.5 Å². The molecule has 0 aliphatic heterocycles. The molecule has 1 amide bonds. The molecular weight excluding hydrogens is 309 g/mol. The van der Waals surface area contributed by atoms with Crippen LogP contribution in [0, 0.1) is 0 Å². The molecule has 2 aromatic carbocycles. The number of rotatable bonds is 5. The molecule has 0 aliphatic carbocycles. The molecule has 6 heteroatoms. The highest BCUT2D eigenvalue weighted by Gasteiger charge is 1.99. The first-order valence-electron chi connectivity index (χ1n) is 6.20. The second kappa shape index (κ2) is 7.67. The molecule has 0 unspecified atom stereocenters. The van der Waals surface area contributed by atoms with Gasteiger partial charge in [-0.15, -0.1) is 0 Å². The van der Waals surface area contributed by atoms with E-state index in [0.29, 0.717) is 10.0 Å². The van der Waals surface area contributed by atoms with Crippen LogP contribution in [0.1, 0.15) is 5.56 Å². The average molecular weight is 322 g/mol. The average Bonchev–Trinajstić information content (AvgIpc) is 2.47. The van der Waals surface area contributed by atoms with Crippen molar-refractivity contribution in [2.24, 2.45) is 5.10 Å². The van der Waals surface area contributed by atoms with Gasteiger partial charge in [0.1, 0.15) is 0 Å². The molecular formula is C15H13Cl2N3O. The van der Waals surface area contributed by atoms with Gasteiger partial charge in [-0.3, -0.25) is 4.79 Å². The van der Waals surface area contributed by atoms with Crippen LogP contribution >= 0.6 is 23.2 Å². The molecule has 2 aromatic rings. The van der Waals surface area contributed by atoms with Gasteiger partial charge >= 0.3 is 0 Å². The van der Waals surface area contributed by atoms with Crippen LogP contribution in [0.4, 0.5) is 5.69 Å². The summed E-state index contributed by atoms with van der Waals surface area (Å²) in [4.78, 5) is 11.6. The van der Waals surface area contributed by atoms with Crippen LogP contribution in [0.3, 0.4) is 0 Å². The number of nitrogens with zero attached hydrogens (tertiary/aromatic N) is 1. The van der Waals surface area contributed by atoms with Crippen LogP contribution in [-0.2, 0) is 4.79 Å². The first kappa shape index (κ1) is 15.4. The van der Waals surface area contributed by atoms with Gasteiger partial charge in [0.05, 0.1) is 12.8 Å². The molecule has 0 fully saturated rings. The van der Waals surface area contributed by atoms with E-state index in [1.807, 2.05) is 18.2 Å². The monoisotopic (exact) mass is 321 g/mol. The zero-order chi connectivity index (χ0) is 15.1. The minimum atomic E-state index is -0.250. The predicted octanol–water partition coefficient (Wildman–Crippen LogP) is 3.56. The summed E-state index contributed by atoms with van der Waals surface area (Å²) in [6.45, 7) is 0.109. The maximum absolute atomic E-state index is 11.6. The number of carbonyl (C=O) groups excluding carboxylic acids is 1. The fourth-order valence-electron chi connectivity index (χ4n) is 1.55. The molecule has 4 nitrogen and oxygen atoms in total. The van der Waals surface area contributed by atoms with Crippen LogP contribution < -0.4 is 10.7 Å². The molecule has 0 bridgehead atoms. The Bertz CT molecular complexity index is 642. The minimum Gasteiger partial charge on any atom is -0.376 e. The molecule has 0 radical (unpaired) electrons. The molecule has 0 heterocycles. The van der Waals surface area contributed by atoms with E-state index in [9.17, 15) is 4.79 Å². The Morgan fingerprint density at radius 2 is 1.86 bits per heavy atom. The number of hydrogen-bond acceptors (Lipinski definition) is 3. The predicted molar refractivity (Wildman–Crippen MR) is 87.1 cm³/mol.